The fourth-order valence-corrected chi connectivity index (χ4v) is 5.18. The Labute approximate surface area is 289 Å². The number of nitrogens with one attached hydrogen (secondary N) is 4. The Balaban J connectivity index is 0.000000256. The van der Waals surface area contributed by atoms with Crippen LogP contribution in [0.25, 0.3) is 0 Å². The van der Waals surface area contributed by atoms with Gasteiger partial charge in [-0.2, -0.15) is 0 Å². The second kappa shape index (κ2) is 19.4. The maximum Gasteiger partial charge on any atom is 0.235 e. The van der Waals surface area contributed by atoms with E-state index in [1.165, 1.54) is 22.7 Å². The first-order valence-electron chi connectivity index (χ1n) is 14.6. The average Bonchev–Trinajstić information content (AvgIpc) is 3.67. The van der Waals surface area contributed by atoms with Crippen LogP contribution in [0.5, 0.6) is 11.5 Å². The predicted molar refractivity (Wildman–Crippen MR) is 189 cm³/mol. The summed E-state index contributed by atoms with van der Waals surface area (Å²) < 4.78 is 12.1. The van der Waals surface area contributed by atoms with Gasteiger partial charge in [0.2, 0.25) is 23.6 Å². The average molecular weight is 746 g/mol. The summed E-state index contributed by atoms with van der Waals surface area (Å²) in [5.41, 5.74) is 1.10. The molecule has 4 aromatic rings. The van der Waals surface area contributed by atoms with Gasteiger partial charge in [-0.25, -0.2) is 9.97 Å². The van der Waals surface area contributed by atoms with E-state index in [1.807, 2.05) is 39.8 Å². The molecular weight excluding hydrogens is 708 g/mol. The van der Waals surface area contributed by atoms with Crippen LogP contribution < -0.4 is 30.7 Å². The van der Waals surface area contributed by atoms with E-state index in [1.54, 1.807) is 54.2 Å². The normalized spacial score (nSPS) is 10.4. The maximum atomic E-state index is 12.1. The van der Waals surface area contributed by atoms with E-state index >= 15 is 0 Å². The number of benzene rings is 2. The first kappa shape index (κ1) is 37.1. The lowest BCUT2D eigenvalue weighted by Crippen LogP contribution is -2.21. The van der Waals surface area contributed by atoms with Gasteiger partial charge in [-0.15, -0.1) is 11.3 Å². The minimum atomic E-state index is -0.421. The highest BCUT2D eigenvalue weighted by atomic mass is 79.9. The van der Waals surface area contributed by atoms with Gasteiger partial charge in [0.05, 0.1) is 34.6 Å². The van der Waals surface area contributed by atoms with Crippen LogP contribution in [0.1, 0.15) is 40.5 Å². The highest BCUT2D eigenvalue weighted by molar-refractivity contribution is 9.11. The molecule has 0 saturated heterocycles. The number of halogens is 1. The van der Waals surface area contributed by atoms with E-state index in [0.717, 1.165) is 3.79 Å². The van der Waals surface area contributed by atoms with Gasteiger partial charge in [0, 0.05) is 11.6 Å². The molecule has 0 spiro atoms. The van der Waals surface area contributed by atoms with Gasteiger partial charge < -0.3 is 30.7 Å². The standard InChI is InChI=1S/C16H18BrN3O3S.C16H19N3O3S/c1-10(2)9-23-12-6-4-3-5-11(12)19-14(21)7-15(22)20-16-18-8-13(17)24-16;1-11(2)10-22-13-6-4-3-5-12(13)18-14(20)9-15(21)19-16-17-7-8-23-16/h3-6,8,10H,7,9H2,1-2H3,(H,19,21)(H,18,20,22);3-8,11H,9-10H2,1-2H3,(H,18,20)(H,17,19,21). The second-order valence-corrected chi connectivity index (χ2v) is 14.1. The van der Waals surface area contributed by atoms with Crippen molar-refractivity contribution in [2.24, 2.45) is 11.8 Å². The van der Waals surface area contributed by atoms with Crippen molar-refractivity contribution < 1.29 is 28.7 Å². The number of anilines is 4. The molecular formula is C32H37BrN6O6S2. The molecule has 4 N–H and O–H groups in total. The van der Waals surface area contributed by atoms with Crippen LogP contribution in [0.2, 0.25) is 0 Å². The van der Waals surface area contributed by atoms with Gasteiger partial charge in [-0.1, -0.05) is 63.3 Å². The Bertz CT molecular complexity index is 1610. The molecule has 15 heteroatoms. The van der Waals surface area contributed by atoms with Gasteiger partial charge >= 0.3 is 0 Å². The summed E-state index contributed by atoms with van der Waals surface area (Å²) in [5, 5.41) is 13.2. The number of carbonyl (C=O) groups is 4. The van der Waals surface area contributed by atoms with Crippen molar-refractivity contribution in [2.45, 2.75) is 40.5 Å². The lowest BCUT2D eigenvalue weighted by Gasteiger charge is -2.13. The van der Waals surface area contributed by atoms with Crippen LogP contribution in [-0.4, -0.2) is 46.8 Å². The van der Waals surface area contributed by atoms with Crippen LogP contribution in [0.15, 0.2) is 70.1 Å². The molecule has 250 valence electrons. The van der Waals surface area contributed by atoms with Crippen molar-refractivity contribution >= 4 is 83.9 Å². The molecule has 2 aromatic heterocycles. The fourth-order valence-electron chi connectivity index (χ4n) is 3.51. The number of ether oxygens (including phenoxy) is 2. The number of rotatable bonds is 14. The highest BCUT2D eigenvalue weighted by Crippen LogP contribution is 2.26. The number of hydrogen-bond donors (Lipinski definition) is 4. The molecule has 0 bridgehead atoms. The molecule has 0 aliphatic carbocycles. The lowest BCUT2D eigenvalue weighted by molar-refractivity contribution is -0.125. The topological polar surface area (TPSA) is 161 Å². The Hall–Kier alpha value is -4.34. The van der Waals surface area contributed by atoms with E-state index in [-0.39, 0.29) is 12.8 Å². The highest BCUT2D eigenvalue weighted by Gasteiger charge is 2.15. The summed E-state index contributed by atoms with van der Waals surface area (Å²) in [6.07, 6.45) is 2.60. The summed E-state index contributed by atoms with van der Waals surface area (Å²) in [6.45, 7) is 9.28. The van der Waals surface area contributed by atoms with Gasteiger partial charge in [-0.3, -0.25) is 19.2 Å². The molecule has 0 aliphatic heterocycles. The van der Waals surface area contributed by atoms with Crippen molar-refractivity contribution in [1.82, 2.24) is 9.97 Å². The van der Waals surface area contributed by atoms with Crippen molar-refractivity contribution in [2.75, 3.05) is 34.5 Å². The van der Waals surface area contributed by atoms with E-state index in [2.05, 4.69) is 47.2 Å². The summed E-state index contributed by atoms with van der Waals surface area (Å²) in [5.74, 6) is 0.287. The Morgan fingerprint density at radius 1 is 0.702 bits per heavy atom. The molecule has 12 nitrogen and oxygen atoms in total. The molecule has 4 rings (SSSR count). The number of nitrogens with zero attached hydrogens (tertiary/aromatic N) is 2. The number of thiazole rings is 2. The Morgan fingerprint density at radius 3 is 1.60 bits per heavy atom. The first-order valence-corrected chi connectivity index (χ1v) is 17.1. The number of para-hydroxylation sites is 4. The van der Waals surface area contributed by atoms with Gasteiger partial charge in [0.1, 0.15) is 24.3 Å². The third kappa shape index (κ3) is 14.3. The minimum absolute atomic E-state index is 0.280. The summed E-state index contributed by atoms with van der Waals surface area (Å²) in [6, 6.07) is 14.3. The summed E-state index contributed by atoms with van der Waals surface area (Å²) >= 11 is 5.84. The molecule has 4 amide bonds. The molecule has 0 radical (unpaired) electrons. The Morgan fingerprint density at radius 2 is 1.17 bits per heavy atom. The SMILES string of the molecule is CC(C)COc1ccccc1NC(=O)CC(=O)Nc1ncc(Br)s1.CC(C)COc1ccccc1NC(=O)CC(=O)Nc1nccs1. The molecule has 0 fully saturated rings. The van der Waals surface area contributed by atoms with Crippen molar-refractivity contribution in [3.63, 3.8) is 0 Å². The minimum Gasteiger partial charge on any atom is -0.491 e. The van der Waals surface area contributed by atoms with E-state index in [4.69, 9.17) is 9.47 Å². The number of aromatic nitrogens is 2. The molecule has 0 unspecified atom stereocenters. The molecule has 0 aliphatic rings. The van der Waals surface area contributed by atoms with Crippen LogP contribution in [-0.2, 0) is 19.2 Å². The first-order chi connectivity index (χ1) is 22.5. The van der Waals surface area contributed by atoms with E-state index < -0.39 is 23.6 Å². The van der Waals surface area contributed by atoms with Gasteiger partial charge in [0.15, 0.2) is 10.3 Å². The third-order valence-electron chi connectivity index (χ3n) is 5.51. The third-order valence-corrected chi connectivity index (χ3v) is 7.59. The van der Waals surface area contributed by atoms with E-state index in [0.29, 0.717) is 58.2 Å². The summed E-state index contributed by atoms with van der Waals surface area (Å²) in [7, 11) is 0. The number of carbonyl (C=O) groups excluding carboxylic acids is 4. The van der Waals surface area contributed by atoms with Crippen molar-refractivity contribution in [1.29, 1.82) is 0 Å². The van der Waals surface area contributed by atoms with Crippen molar-refractivity contribution in [3.05, 3.63) is 70.1 Å². The lowest BCUT2D eigenvalue weighted by atomic mass is 10.2. The maximum absolute atomic E-state index is 12.1. The van der Waals surface area contributed by atoms with Crippen LogP contribution in [0, 0.1) is 11.8 Å². The predicted octanol–water partition coefficient (Wildman–Crippen LogP) is 7.05. The molecule has 47 heavy (non-hydrogen) atoms. The van der Waals surface area contributed by atoms with Gasteiger partial charge in [0.25, 0.3) is 0 Å². The zero-order chi connectivity index (χ0) is 34.2. The molecule has 0 atom stereocenters. The van der Waals surface area contributed by atoms with Crippen LogP contribution >= 0.6 is 38.6 Å². The molecule has 2 heterocycles. The second-order valence-electron chi connectivity index (χ2n) is 10.8. The Kier molecular flexibility index (Phi) is 15.3. The van der Waals surface area contributed by atoms with Crippen LogP contribution in [0.3, 0.4) is 0 Å². The largest absolute Gasteiger partial charge is 0.491 e. The van der Waals surface area contributed by atoms with Crippen molar-refractivity contribution in [3.8, 4) is 11.5 Å². The molecule has 0 saturated carbocycles. The van der Waals surface area contributed by atoms with Crippen LogP contribution in [0.4, 0.5) is 21.6 Å². The number of hydrogen-bond acceptors (Lipinski definition) is 10. The quantitative estimate of drug-likeness (QED) is 0.0999. The fraction of sp³-hybridized carbons (Fsp3) is 0.312. The number of amides is 4. The monoisotopic (exact) mass is 744 g/mol. The summed E-state index contributed by atoms with van der Waals surface area (Å²) in [4.78, 5) is 55.6. The van der Waals surface area contributed by atoms with E-state index in [9.17, 15) is 19.2 Å². The zero-order valence-electron chi connectivity index (χ0n) is 26.4. The smallest absolute Gasteiger partial charge is 0.235 e. The van der Waals surface area contributed by atoms with Gasteiger partial charge in [-0.05, 0) is 52.0 Å². The molecule has 2 aromatic carbocycles. The zero-order valence-corrected chi connectivity index (χ0v) is 29.6.